The van der Waals surface area contributed by atoms with Crippen LogP contribution in [0.4, 0.5) is 0 Å². The van der Waals surface area contributed by atoms with Gasteiger partial charge in [-0.2, -0.15) is 0 Å². The van der Waals surface area contributed by atoms with E-state index in [0.717, 1.165) is 12.8 Å². The maximum atomic E-state index is 11.8. The molecule has 0 spiro atoms. The zero-order valence-electron chi connectivity index (χ0n) is 12.3. The number of carbonyl (C=O) groups is 1. The van der Waals surface area contributed by atoms with E-state index in [1.165, 1.54) is 32.8 Å². The van der Waals surface area contributed by atoms with E-state index in [4.69, 9.17) is 4.74 Å². The van der Waals surface area contributed by atoms with Crippen LogP contribution < -0.4 is 0 Å². The first-order chi connectivity index (χ1) is 8.04. The Morgan fingerprint density at radius 2 is 1.41 bits per heavy atom. The number of hydrogen-bond donors (Lipinski definition) is 0. The van der Waals surface area contributed by atoms with Gasteiger partial charge in [-0.1, -0.05) is 53.4 Å². The Bertz CT molecular complexity index is 187. The first-order valence-corrected chi connectivity index (χ1v) is 7.12. The molecule has 0 aromatic rings. The van der Waals surface area contributed by atoms with Gasteiger partial charge in [-0.25, -0.2) is 0 Å². The lowest BCUT2D eigenvalue weighted by atomic mass is 9.85. The van der Waals surface area contributed by atoms with Crippen molar-refractivity contribution in [1.29, 1.82) is 0 Å². The summed E-state index contributed by atoms with van der Waals surface area (Å²) in [5.41, 5.74) is 0. The van der Waals surface area contributed by atoms with Gasteiger partial charge in [0.05, 0.1) is 13.0 Å². The van der Waals surface area contributed by atoms with E-state index in [1.807, 2.05) is 0 Å². The second-order valence-corrected chi connectivity index (χ2v) is 5.48. The van der Waals surface area contributed by atoms with E-state index in [1.54, 1.807) is 0 Å². The Labute approximate surface area is 107 Å². The Balaban J connectivity index is 4.27. The van der Waals surface area contributed by atoms with Gasteiger partial charge in [-0.3, -0.25) is 4.79 Å². The van der Waals surface area contributed by atoms with Crippen LogP contribution >= 0.6 is 0 Å². The Hall–Kier alpha value is -0.530. The number of carbonyl (C=O) groups excluding carboxylic acids is 1. The quantitative estimate of drug-likeness (QED) is 0.559. The summed E-state index contributed by atoms with van der Waals surface area (Å²) < 4.78 is 4.93. The van der Waals surface area contributed by atoms with Crippen LogP contribution in [0.1, 0.15) is 66.2 Å². The molecule has 0 aliphatic heterocycles. The maximum Gasteiger partial charge on any atom is 0.308 e. The Morgan fingerprint density at radius 1 is 1.00 bits per heavy atom. The topological polar surface area (TPSA) is 26.3 Å². The third-order valence-corrected chi connectivity index (χ3v) is 3.47. The number of ether oxygens (including phenoxy) is 1. The second kappa shape index (κ2) is 9.49. The minimum atomic E-state index is -0.0177. The Kier molecular flexibility index (Phi) is 9.20. The van der Waals surface area contributed by atoms with Crippen molar-refractivity contribution in [2.24, 2.45) is 17.8 Å². The van der Waals surface area contributed by atoms with Gasteiger partial charge < -0.3 is 4.74 Å². The lowest BCUT2D eigenvalue weighted by Gasteiger charge is -2.21. The van der Waals surface area contributed by atoms with Gasteiger partial charge in [0.25, 0.3) is 0 Å². The largest absolute Gasteiger partial charge is 0.469 e. The Morgan fingerprint density at radius 3 is 1.71 bits per heavy atom. The molecule has 2 nitrogen and oxygen atoms in total. The van der Waals surface area contributed by atoms with E-state index < -0.39 is 0 Å². The summed E-state index contributed by atoms with van der Waals surface area (Å²) in [6, 6.07) is 0. The molecule has 0 aromatic heterocycles. The van der Waals surface area contributed by atoms with Crippen LogP contribution in [-0.2, 0) is 9.53 Å². The highest BCUT2D eigenvalue weighted by Crippen LogP contribution is 2.25. The minimum absolute atomic E-state index is 0.0177. The van der Waals surface area contributed by atoms with Gasteiger partial charge in [-0.05, 0) is 24.7 Å². The monoisotopic (exact) mass is 242 g/mol. The van der Waals surface area contributed by atoms with Gasteiger partial charge in [0.1, 0.15) is 0 Å². The predicted octanol–water partition coefficient (Wildman–Crippen LogP) is 4.43. The summed E-state index contributed by atoms with van der Waals surface area (Å²) >= 11 is 0. The lowest BCUT2D eigenvalue weighted by Crippen LogP contribution is -2.21. The van der Waals surface area contributed by atoms with Gasteiger partial charge in [-0.15, -0.1) is 0 Å². The molecule has 17 heavy (non-hydrogen) atoms. The van der Waals surface area contributed by atoms with Crippen LogP contribution in [0.5, 0.6) is 0 Å². The van der Waals surface area contributed by atoms with Crippen molar-refractivity contribution in [2.75, 3.05) is 7.11 Å². The summed E-state index contributed by atoms with van der Waals surface area (Å²) in [7, 11) is 1.50. The SMILES string of the molecule is CCCC(C)CC(CC(C)CCC)C(=O)OC. The van der Waals surface area contributed by atoms with E-state index in [2.05, 4.69) is 27.7 Å². The predicted molar refractivity (Wildman–Crippen MR) is 72.9 cm³/mol. The minimum Gasteiger partial charge on any atom is -0.469 e. The second-order valence-electron chi connectivity index (χ2n) is 5.48. The van der Waals surface area contributed by atoms with Crippen LogP contribution in [0.3, 0.4) is 0 Å². The molecule has 0 rings (SSSR count). The van der Waals surface area contributed by atoms with Gasteiger partial charge in [0.15, 0.2) is 0 Å². The molecule has 0 amide bonds. The first-order valence-electron chi connectivity index (χ1n) is 7.12. The van der Waals surface area contributed by atoms with Crippen LogP contribution in [0.25, 0.3) is 0 Å². The van der Waals surface area contributed by atoms with Crippen LogP contribution in [0.2, 0.25) is 0 Å². The van der Waals surface area contributed by atoms with Crippen molar-refractivity contribution >= 4 is 5.97 Å². The molecule has 2 unspecified atom stereocenters. The summed E-state index contributed by atoms with van der Waals surface area (Å²) in [6.07, 6.45) is 6.76. The summed E-state index contributed by atoms with van der Waals surface area (Å²) in [5, 5.41) is 0. The molecule has 0 saturated carbocycles. The molecular weight excluding hydrogens is 212 g/mol. The van der Waals surface area contributed by atoms with Crippen LogP contribution in [-0.4, -0.2) is 13.1 Å². The molecule has 0 aromatic carbocycles. The molecule has 2 heteroatoms. The van der Waals surface area contributed by atoms with Gasteiger partial charge in [0.2, 0.25) is 0 Å². The average molecular weight is 242 g/mol. The zero-order valence-corrected chi connectivity index (χ0v) is 12.3. The van der Waals surface area contributed by atoms with Crippen molar-refractivity contribution < 1.29 is 9.53 Å². The number of hydrogen-bond acceptors (Lipinski definition) is 2. The van der Waals surface area contributed by atoms with E-state index in [9.17, 15) is 4.79 Å². The third-order valence-electron chi connectivity index (χ3n) is 3.47. The number of methoxy groups -OCH3 is 1. The van der Waals surface area contributed by atoms with Crippen molar-refractivity contribution in [3.63, 3.8) is 0 Å². The van der Waals surface area contributed by atoms with Crippen LogP contribution in [0, 0.1) is 17.8 Å². The zero-order chi connectivity index (χ0) is 13.3. The number of rotatable bonds is 9. The molecule has 0 aliphatic carbocycles. The van der Waals surface area contributed by atoms with Gasteiger partial charge >= 0.3 is 5.97 Å². The summed E-state index contributed by atoms with van der Waals surface area (Å²) in [6.45, 7) is 8.88. The summed E-state index contributed by atoms with van der Waals surface area (Å²) in [5.74, 6) is 1.33. The van der Waals surface area contributed by atoms with Crippen molar-refractivity contribution in [3.05, 3.63) is 0 Å². The van der Waals surface area contributed by atoms with Crippen molar-refractivity contribution in [2.45, 2.75) is 66.2 Å². The van der Waals surface area contributed by atoms with E-state index in [-0.39, 0.29) is 11.9 Å². The molecule has 0 radical (unpaired) electrons. The fourth-order valence-electron chi connectivity index (χ4n) is 2.65. The average Bonchev–Trinajstić information content (AvgIpc) is 2.27. The number of esters is 1. The molecule has 0 heterocycles. The van der Waals surface area contributed by atoms with Crippen molar-refractivity contribution in [3.8, 4) is 0 Å². The fraction of sp³-hybridized carbons (Fsp3) is 0.933. The third kappa shape index (κ3) is 7.40. The molecular formula is C15H30O2. The highest BCUT2D eigenvalue weighted by Gasteiger charge is 2.23. The van der Waals surface area contributed by atoms with Gasteiger partial charge in [0, 0.05) is 0 Å². The molecule has 2 atom stereocenters. The molecule has 0 N–H and O–H groups in total. The normalized spacial score (nSPS) is 16.3. The highest BCUT2D eigenvalue weighted by atomic mass is 16.5. The highest BCUT2D eigenvalue weighted by molar-refractivity contribution is 5.72. The first kappa shape index (κ1) is 16.5. The van der Waals surface area contributed by atoms with E-state index in [0.29, 0.717) is 11.8 Å². The molecule has 0 fully saturated rings. The van der Waals surface area contributed by atoms with Crippen LogP contribution in [0.15, 0.2) is 0 Å². The molecule has 102 valence electrons. The standard InChI is InChI=1S/C15H30O2/c1-6-8-12(3)10-14(15(16)17-5)11-13(4)9-7-2/h12-14H,6-11H2,1-5H3. The smallest absolute Gasteiger partial charge is 0.308 e. The lowest BCUT2D eigenvalue weighted by molar-refractivity contribution is -0.146. The van der Waals surface area contributed by atoms with E-state index >= 15 is 0 Å². The summed E-state index contributed by atoms with van der Waals surface area (Å²) in [4.78, 5) is 11.8. The maximum absolute atomic E-state index is 11.8. The fourth-order valence-corrected chi connectivity index (χ4v) is 2.65. The van der Waals surface area contributed by atoms with Crippen molar-refractivity contribution in [1.82, 2.24) is 0 Å². The molecule has 0 bridgehead atoms. The molecule has 0 saturated heterocycles. The molecule has 0 aliphatic rings.